The lowest BCUT2D eigenvalue weighted by Gasteiger charge is -2.34. The molecule has 2 nitrogen and oxygen atoms in total. The van der Waals surface area contributed by atoms with Gasteiger partial charge in [0.05, 0.1) is 11.4 Å². The van der Waals surface area contributed by atoms with Gasteiger partial charge in [-0.05, 0) is 95.6 Å². The average molecular weight is 489 g/mol. The van der Waals surface area contributed by atoms with Gasteiger partial charge in [0, 0.05) is 12.1 Å². The second-order valence-corrected chi connectivity index (χ2v) is 14.7. The van der Waals surface area contributed by atoms with Gasteiger partial charge in [-0.15, -0.1) is 0 Å². The Hall–Kier alpha value is -2.40. The maximum Gasteiger partial charge on any atom is 0.0518 e. The number of benzene rings is 2. The number of rotatable bonds is 6. The first-order valence-corrected chi connectivity index (χ1v) is 13.5. The number of hydrogen-bond acceptors (Lipinski definition) is 2. The Bertz CT molecular complexity index is 1000. The maximum atomic E-state index is 3.36. The molecule has 0 aliphatic rings. The van der Waals surface area contributed by atoms with Crippen molar-refractivity contribution < 1.29 is 0 Å². The lowest BCUT2D eigenvalue weighted by Crippen LogP contribution is -2.25. The van der Waals surface area contributed by atoms with E-state index in [0.29, 0.717) is 0 Å². The number of aryl methyl sites for hydroxylation is 4. The molecule has 0 fully saturated rings. The van der Waals surface area contributed by atoms with E-state index < -0.39 is 0 Å². The van der Waals surface area contributed by atoms with Gasteiger partial charge in [-0.2, -0.15) is 0 Å². The largest absolute Gasteiger partial charge is 0.313 e. The third-order valence-electron chi connectivity index (χ3n) is 7.01. The lowest BCUT2D eigenvalue weighted by atomic mass is 9.71. The molecule has 0 bridgehead atoms. The summed E-state index contributed by atoms with van der Waals surface area (Å²) in [6, 6.07) is 15.6. The fourth-order valence-corrected chi connectivity index (χ4v) is 6.15. The van der Waals surface area contributed by atoms with Crippen LogP contribution in [-0.2, 0) is 10.8 Å². The molecule has 2 rings (SSSR count). The molecule has 2 aromatic rings. The van der Waals surface area contributed by atoms with Crippen LogP contribution in [0.2, 0.25) is 0 Å². The quantitative estimate of drug-likeness (QED) is 0.312. The Kier molecular flexibility index (Phi) is 8.72. The summed E-state index contributed by atoms with van der Waals surface area (Å²) in [5.74, 6) is 0. The summed E-state index contributed by atoms with van der Waals surface area (Å²) < 4.78 is 0. The summed E-state index contributed by atoms with van der Waals surface area (Å²) in [4.78, 5) is 0. The highest BCUT2D eigenvalue weighted by atomic mass is 14.9. The van der Waals surface area contributed by atoms with Crippen LogP contribution in [-0.4, -0.2) is 0 Å². The zero-order chi connectivity index (χ0) is 27.7. The van der Waals surface area contributed by atoms with Gasteiger partial charge in [0.1, 0.15) is 0 Å². The van der Waals surface area contributed by atoms with Crippen LogP contribution >= 0.6 is 0 Å². The Morgan fingerprint density at radius 1 is 0.500 bits per heavy atom. The van der Waals surface area contributed by atoms with E-state index in [0.717, 1.165) is 24.2 Å². The molecule has 0 amide bonds. The molecular formula is C34H52N2. The standard InChI is InChI=1S/C34H52N2/c1-23-17-27(33(11,12)21-31(5,6)7)18-24(2)29(23)35-15-16-36-30-25(3)19-28(20-26(30)4)34(13,14)22-32(8,9)10/h17-20,35-36H,21-22H2,1-14H3. The first-order chi connectivity index (χ1) is 16.2. The predicted octanol–water partition coefficient (Wildman–Crippen LogP) is 9.79. The molecule has 0 spiro atoms. The fourth-order valence-electron chi connectivity index (χ4n) is 6.15. The van der Waals surface area contributed by atoms with E-state index in [1.807, 2.05) is 0 Å². The zero-order valence-corrected chi connectivity index (χ0v) is 25.7. The van der Waals surface area contributed by atoms with Gasteiger partial charge in [0.15, 0.2) is 0 Å². The Morgan fingerprint density at radius 3 is 0.972 bits per heavy atom. The molecule has 0 aliphatic carbocycles. The zero-order valence-electron chi connectivity index (χ0n) is 25.7. The summed E-state index contributed by atoms with van der Waals surface area (Å²) in [5, 5.41) is 6.71. The van der Waals surface area contributed by atoms with Crippen molar-refractivity contribution in [3.05, 3.63) is 57.6 Å². The van der Waals surface area contributed by atoms with Crippen molar-refractivity contribution in [2.24, 2.45) is 10.8 Å². The van der Waals surface area contributed by atoms with Crippen LogP contribution in [0.5, 0.6) is 0 Å². The van der Waals surface area contributed by atoms with Crippen molar-refractivity contribution in [3.63, 3.8) is 0 Å². The highest BCUT2D eigenvalue weighted by molar-refractivity contribution is 5.64. The Morgan fingerprint density at radius 2 is 0.750 bits per heavy atom. The lowest BCUT2D eigenvalue weighted by molar-refractivity contribution is 0.283. The van der Waals surface area contributed by atoms with Crippen LogP contribution in [0, 0.1) is 50.6 Å². The SMILES string of the molecule is Cc1cc(C(C)(C)CC(C)(C)C)cc(C)c1NC#CNc1c(C)cc(C(C)(C)CC(C)(C)C)cc1C. The van der Waals surface area contributed by atoms with Crippen LogP contribution in [0.4, 0.5) is 11.4 Å². The molecule has 0 aliphatic heterocycles. The highest BCUT2D eigenvalue weighted by Gasteiger charge is 2.29. The third kappa shape index (κ3) is 8.06. The van der Waals surface area contributed by atoms with E-state index in [2.05, 4.69) is 144 Å². The summed E-state index contributed by atoms with van der Waals surface area (Å²) >= 11 is 0. The Labute approximate surface area is 223 Å². The highest BCUT2D eigenvalue weighted by Crippen LogP contribution is 2.39. The molecule has 36 heavy (non-hydrogen) atoms. The van der Waals surface area contributed by atoms with Gasteiger partial charge in [0.25, 0.3) is 0 Å². The van der Waals surface area contributed by atoms with Crippen molar-refractivity contribution in [3.8, 4) is 12.1 Å². The molecule has 0 atom stereocenters. The van der Waals surface area contributed by atoms with Gasteiger partial charge in [-0.3, -0.25) is 0 Å². The van der Waals surface area contributed by atoms with Gasteiger partial charge < -0.3 is 10.6 Å². The van der Waals surface area contributed by atoms with Crippen molar-refractivity contribution in [2.45, 2.75) is 121 Å². The smallest absolute Gasteiger partial charge is 0.0518 e. The summed E-state index contributed by atoms with van der Waals surface area (Å²) in [6.45, 7) is 32.0. The number of anilines is 2. The van der Waals surface area contributed by atoms with E-state index in [-0.39, 0.29) is 21.7 Å². The number of nitrogens with one attached hydrogen (secondary N) is 2. The minimum Gasteiger partial charge on any atom is -0.313 e. The van der Waals surface area contributed by atoms with Gasteiger partial charge in [-0.1, -0.05) is 93.5 Å². The van der Waals surface area contributed by atoms with Gasteiger partial charge >= 0.3 is 0 Å². The summed E-state index contributed by atoms with van der Waals surface area (Å²) in [7, 11) is 0. The molecule has 0 heterocycles. The van der Waals surface area contributed by atoms with Crippen molar-refractivity contribution >= 4 is 11.4 Å². The minimum absolute atomic E-state index is 0.127. The average Bonchev–Trinajstić information content (AvgIpc) is 2.64. The van der Waals surface area contributed by atoms with E-state index >= 15 is 0 Å². The van der Waals surface area contributed by atoms with Crippen LogP contribution in [0.3, 0.4) is 0 Å². The monoisotopic (exact) mass is 488 g/mol. The number of hydrogen-bond donors (Lipinski definition) is 2. The maximum absolute atomic E-state index is 3.36. The molecule has 198 valence electrons. The molecular weight excluding hydrogens is 436 g/mol. The first kappa shape index (κ1) is 29.8. The van der Waals surface area contributed by atoms with Gasteiger partial charge in [-0.25, -0.2) is 0 Å². The summed E-state index contributed by atoms with van der Waals surface area (Å²) in [6.07, 6.45) is 2.28. The van der Waals surface area contributed by atoms with Crippen LogP contribution < -0.4 is 10.6 Å². The molecule has 0 saturated carbocycles. The second-order valence-electron chi connectivity index (χ2n) is 14.7. The minimum atomic E-state index is 0.127. The third-order valence-corrected chi connectivity index (χ3v) is 7.01. The van der Waals surface area contributed by atoms with E-state index in [1.54, 1.807) is 0 Å². The van der Waals surface area contributed by atoms with E-state index in [1.165, 1.54) is 33.4 Å². The van der Waals surface area contributed by atoms with E-state index in [9.17, 15) is 0 Å². The molecule has 2 aromatic carbocycles. The van der Waals surface area contributed by atoms with Crippen LogP contribution in [0.1, 0.15) is 115 Å². The second kappa shape index (κ2) is 10.5. The van der Waals surface area contributed by atoms with Gasteiger partial charge in [0.2, 0.25) is 0 Å². The van der Waals surface area contributed by atoms with Crippen molar-refractivity contribution in [2.75, 3.05) is 10.6 Å². The van der Waals surface area contributed by atoms with Crippen molar-refractivity contribution in [1.82, 2.24) is 0 Å². The summed E-state index contributed by atoms with van der Waals surface area (Å²) in [5.41, 5.74) is 10.8. The topological polar surface area (TPSA) is 24.1 Å². The Balaban J connectivity index is 2.20. The first-order valence-electron chi connectivity index (χ1n) is 13.5. The molecule has 0 unspecified atom stereocenters. The normalized spacial score (nSPS) is 12.7. The van der Waals surface area contributed by atoms with Crippen molar-refractivity contribution in [1.29, 1.82) is 0 Å². The molecule has 2 heteroatoms. The molecule has 2 N–H and O–H groups in total. The molecule has 0 aromatic heterocycles. The van der Waals surface area contributed by atoms with E-state index in [4.69, 9.17) is 0 Å². The van der Waals surface area contributed by atoms with Crippen LogP contribution in [0.15, 0.2) is 24.3 Å². The predicted molar refractivity (Wildman–Crippen MR) is 161 cm³/mol. The molecule has 0 saturated heterocycles. The van der Waals surface area contributed by atoms with Crippen LogP contribution in [0.25, 0.3) is 0 Å². The fraction of sp³-hybridized carbons (Fsp3) is 0.588. The molecule has 0 radical (unpaired) electrons.